The number of hydrogen-bond donors (Lipinski definition) is 0. The number of hydrogen-bond acceptors (Lipinski definition) is 6. The fourth-order valence-electron chi connectivity index (χ4n) is 1.22. The molecule has 2 heterocycles. The van der Waals surface area contributed by atoms with E-state index in [0.717, 1.165) is 14.9 Å². The van der Waals surface area contributed by atoms with Crippen molar-refractivity contribution in [2.75, 3.05) is 0 Å². The largest absolute Gasteiger partial charge is 0.229 e. The van der Waals surface area contributed by atoms with Gasteiger partial charge in [0.15, 0.2) is 4.34 Å². The normalized spacial score (nSPS) is 11.0. The minimum atomic E-state index is 0.282. The van der Waals surface area contributed by atoms with Crippen LogP contribution in [-0.4, -0.2) is 19.3 Å². The Hall–Kier alpha value is -0.720. The summed E-state index contributed by atoms with van der Waals surface area (Å²) in [7, 11) is 0. The molecule has 0 aromatic carbocycles. The Morgan fingerprint density at radius 1 is 1.25 bits per heavy atom. The van der Waals surface area contributed by atoms with E-state index in [0.29, 0.717) is 5.15 Å². The van der Waals surface area contributed by atoms with Crippen molar-refractivity contribution < 1.29 is 0 Å². The summed E-state index contributed by atoms with van der Waals surface area (Å²) in [6.45, 7) is 4.13. The smallest absolute Gasteiger partial charge is 0.176 e. The molecule has 0 amide bonds. The molecule has 0 aliphatic carbocycles. The van der Waals surface area contributed by atoms with Crippen LogP contribution in [0.15, 0.2) is 22.0 Å². The average Bonchev–Trinajstić information content (AvgIpc) is 2.70. The fraction of sp³-hybridized carbons (Fsp3) is 0.333. The van der Waals surface area contributed by atoms with Crippen molar-refractivity contribution in [2.24, 2.45) is 0 Å². The second-order valence-electron chi connectivity index (χ2n) is 3.35. The first-order valence-corrected chi connectivity index (χ1v) is 6.60. The lowest BCUT2D eigenvalue weighted by Crippen LogP contribution is -1.97. The molecule has 0 atom stereocenters. The molecule has 2 rings (SSSR count). The van der Waals surface area contributed by atoms with Crippen LogP contribution in [0.4, 0.5) is 0 Å². The Balaban J connectivity index is 2.37. The van der Waals surface area contributed by atoms with Gasteiger partial charge in [-0.05, 0) is 29.2 Å². The van der Waals surface area contributed by atoms with Crippen LogP contribution < -0.4 is 0 Å². The van der Waals surface area contributed by atoms with Crippen LogP contribution in [0.25, 0.3) is 0 Å². The van der Waals surface area contributed by atoms with Crippen LogP contribution in [-0.2, 0) is 0 Å². The zero-order chi connectivity index (χ0) is 11.5. The van der Waals surface area contributed by atoms with Crippen molar-refractivity contribution in [3.63, 3.8) is 0 Å². The molecule has 0 saturated heterocycles. The Kier molecular flexibility index (Phi) is 3.73. The summed E-state index contributed by atoms with van der Waals surface area (Å²) in [6.07, 6.45) is 3.00. The van der Waals surface area contributed by atoms with E-state index in [1.807, 2.05) is 0 Å². The zero-order valence-corrected chi connectivity index (χ0v) is 11.1. The molecule has 0 radical (unpaired) electrons. The van der Waals surface area contributed by atoms with Crippen LogP contribution in [0.1, 0.15) is 25.3 Å². The lowest BCUT2D eigenvalue weighted by molar-refractivity contribution is 0.802. The molecule has 4 nitrogen and oxygen atoms in total. The molecule has 84 valence electrons. The van der Waals surface area contributed by atoms with E-state index in [4.69, 9.17) is 11.6 Å². The van der Waals surface area contributed by atoms with E-state index >= 15 is 0 Å². The summed E-state index contributed by atoms with van der Waals surface area (Å²) in [5.74, 6) is 0.282. The van der Waals surface area contributed by atoms with Crippen LogP contribution in [0.3, 0.4) is 0 Å². The van der Waals surface area contributed by atoms with E-state index < -0.39 is 0 Å². The van der Waals surface area contributed by atoms with Crippen molar-refractivity contribution in [2.45, 2.75) is 29.1 Å². The van der Waals surface area contributed by atoms with Gasteiger partial charge < -0.3 is 0 Å². The van der Waals surface area contributed by atoms with Crippen molar-refractivity contribution >= 4 is 34.9 Å². The SMILES string of the molecule is CC(C)c1c(Cl)ncnc1Sc1ncns1. The summed E-state index contributed by atoms with van der Waals surface area (Å²) < 4.78 is 4.81. The third kappa shape index (κ3) is 2.50. The molecule has 0 aliphatic heterocycles. The van der Waals surface area contributed by atoms with E-state index in [1.54, 1.807) is 0 Å². The minimum Gasteiger partial charge on any atom is -0.229 e. The Morgan fingerprint density at radius 2 is 2.06 bits per heavy atom. The molecule has 0 saturated carbocycles. The highest BCUT2D eigenvalue weighted by Crippen LogP contribution is 2.35. The van der Waals surface area contributed by atoms with Crippen molar-refractivity contribution in [1.29, 1.82) is 0 Å². The molecular weight excluding hydrogens is 264 g/mol. The lowest BCUT2D eigenvalue weighted by Gasteiger charge is -2.10. The van der Waals surface area contributed by atoms with E-state index in [2.05, 4.69) is 33.2 Å². The second-order valence-corrected chi connectivity index (χ2v) is 5.72. The van der Waals surface area contributed by atoms with Crippen LogP contribution >= 0.6 is 34.9 Å². The molecule has 0 N–H and O–H groups in total. The molecule has 0 aliphatic rings. The minimum absolute atomic E-state index is 0.282. The topological polar surface area (TPSA) is 51.6 Å². The molecule has 0 spiro atoms. The zero-order valence-electron chi connectivity index (χ0n) is 8.72. The van der Waals surface area contributed by atoms with E-state index in [-0.39, 0.29) is 5.92 Å². The van der Waals surface area contributed by atoms with Crippen molar-refractivity contribution in [3.8, 4) is 0 Å². The summed E-state index contributed by atoms with van der Waals surface area (Å²) in [6, 6.07) is 0. The highest BCUT2D eigenvalue weighted by atomic mass is 35.5. The van der Waals surface area contributed by atoms with E-state index in [1.165, 1.54) is 35.9 Å². The van der Waals surface area contributed by atoms with Gasteiger partial charge in [0.05, 0.1) is 0 Å². The lowest BCUT2D eigenvalue weighted by atomic mass is 10.1. The summed E-state index contributed by atoms with van der Waals surface area (Å²) in [5.41, 5.74) is 0.962. The maximum absolute atomic E-state index is 6.07. The van der Waals surface area contributed by atoms with Gasteiger partial charge in [-0.1, -0.05) is 25.4 Å². The summed E-state index contributed by atoms with van der Waals surface area (Å²) in [5, 5.41) is 1.36. The molecular formula is C9H9ClN4S2. The maximum atomic E-state index is 6.07. The number of aromatic nitrogens is 4. The van der Waals surface area contributed by atoms with Gasteiger partial charge in [-0.2, -0.15) is 4.37 Å². The number of nitrogens with zero attached hydrogens (tertiary/aromatic N) is 4. The third-order valence-corrected chi connectivity index (χ3v) is 3.94. The van der Waals surface area contributed by atoms with Crippen LogP contribution in [0.2, 0.25) is 5.15 Å². The van der Waals surface area contributed by atoms with Gasteiger partial charge in [0.2, 0.25) is 0 Å². The molecule has 7 heteroatoms. The molecule has 16 heavy (non-hydrogen) atoms. The number of halogens is 1. The quantitative estimate of drug-likeness (QED) is 0.803. The van der Waals surface area contributed by atoms with Gasteiger partial charge in [0.1, 0.15) is 22.8 Å². The second kappa shape index (κ2) is 5.07. The maximum Gasteiger partial charge on any atom is 0.176 e. The molecule has 0 fully saturated rings. The van der Waals surface area contributed by atoms with Crippen LogP contribution in [0.5, 0.6) is 0 Å². The molecule has 0 bridgehead atoms. The first kappa shape index (κ1) is 11.8. The molecule has 2 aromatic heterocycles. The van der Waals surface area contributed by atoms with Crippen molar-refractivity contribution in [1.82, 2.24) is 19.3 Å². The number of rotatable bonds is 3. The van der Waals surface area contributed by atoms with Gasteiger partial charge in [0.25, 0.3) is 0 Å². The molecule has 2 aromatic rings. The monoisotopic (exact) mass is 272 g/mol. The Labute approximate surface area is 107 Å². The van der Waals surface area contributed by atoms with Gasteiger partial charge in [-0.15, -0.1) is 0 Å². The average molecular weight is 273 g/mol. The Bertz CT molecular complexity index is 472. The van der Waals surface area contributed by atoms with Crippen molar-refractivity contribution in [3.05, 3.63) is 23.4 Å². The molecule has 0 unspecified atom stereocenters. The van der Waals surface area contributed by atoms with Gasteiger partial charge in [-0.25, -0.2) is 15.0 Å². The third-order valence-electron chi connectivity index (χ3n) is 1.90. The van der Waals surface area contributed by atoms with Crippen LogP contribution in [0, 0.1) is 0 Å². The predicted molar refractivity (Wildman–Crippen MR) is 65.2 cm³/mol. The predicted octanol–water partition coefficient (Wildman–Crippen LogP) is 3.26. The van der Waals surface area contributed by atoms with Gasteiger partial charge in [0, 0.05) is 5.56 Å². The summed E-state index contributed by atoms with van der Waals surface area (Å²) in [4.78, 5) is 12.3. The van der Waals surface area contributed by atoms with Gasteiger partial charge >= 0.3 is 0 Å². The van der Waals surface area contributed by atoms with Gasteiger partial charge in [-0.3, -0.25) is 0 Å². The fourth-order valence-corrected chi connectivity index (χ4v) is 3.22. The first-order valence-electron chi connectivity index (χ1n) is 4.63. The first-order chi connectivity index (χ1) is 7.68. The summed E-state index contributed by atoms with van der Waals surface area (Å²) >= 11 is 8.88. The standard InChI is InChI=1S/C9H9ClN4S2/c1-5(2)6-7(10)11-3-12-8(6)15-9-13-4-14-16-9/h3-5H,1-2H3. The Morgan fingerprint density at radius 3 is 2.69 bits per heavy atom. The van der Waals surface area contributed by atoms with E-state index in [9.17, 15) is 0 Å². The highest BCUT2D eigenvalue weighted by Gasteiger charge is 2.15. The highest BCUT2D eigenvalue weighted by molar-refractivity contribution is 8.00.